The van der Waals surface area contributed by atoms with Crippen LogP contribution in [0.15, 0.2) is 30.3 Å². The maximum Gasteiger partial charge on any atom is 0.224 e. The Morgan fingerprint density at radius 3 is 2.68 bits per heavy atom. The van der Waals surface area contributed by atoms with Crippen molar-refractivity contribution in [3.05, 3.63) is 35.9 Å². The quantitative estimate of drug-likeness (QED) is 0.909. The van der Waals surface area contributed by atoms with Crippen molar-refractivity contribution in [3.63, 3.8) is 0 Å². The van der Waals surface area contributed by atoms with Crippen molar-refractivity contribution in [2.45, 2.75) is 18.4 Å². The summed E-state index contributed by atoms with van der Waals surface area (Å²) in [6.07, 6.45) is 0.435. The number of likely N-dealkylation sites (tertiary alicyclic amines) is 1. The molecular formula is C14H21ClN2O2. The number of nitrogens with zero attached hydrogens (tertiary/aromatic N) is 1. The van der Waals surface area contributed by atoms with Crippen LogP contribution in [0.2, 0.25) is 0 Å². The minimum Gasteiger partial charge on any atom is -0.384 e. The van der Waals surface area contributed by atoms with E-state index in [9.17, 15) is 4.79 Å². The summed E-state index contributed by atoms with van der Waals surface area (Å²) in [6.45, 7) is 1.83. The molecule has 19 heavy (non-hydrogen) atoms. The van der Waals surface area contributed by atoms with Gasteiger partial charge in [-0.15, -0.1) is 12.4 Å². The summed E-state index contributed by atoms with van der Waals surface area (Å²) in [5.74, 6) is 0.378. The average Bonchev–Trinajstić information content (AvgIpc) is 2.79. The largest absolute Gasteiger partial charge is 0.384 e. The molecule has 1 saturated heterocycles. The zero-order chi connectivity index (χ0) is 13.0. The van der Waals surface area contributed by atoms with Crippen LogP contribution in [0.5, 0.6) is 0 Å². The Morgan fingerprint density at radius 1 is 1.37 bits per heavy atom. The van der Waals surface area contributed by atoms with Gasteiger partial charge in [0, 0.05) is 32.2 Å². The number of benzene rings is 1. The number of methoxy groups -OCH3 is 1. The van der Waals surface area contributed by atoms with Crippen LogP contribution < -0.4 is 5.73 Å². The second-order valence-corrected chi connectivity index (χ2v) is 4.72. The molecule has 0 bridgehead atoms. The zero-order valence-electron chi connectivity index (χ0n) is 11.1. The molecule has 0 radical (unpaired) electrons. The van der Waals surface area contributed by atoms with Gasteiger partial charge in [-0.3, -0.25) is 4.79 Å². The summed E-state index contributed by atoms with van der Waals surface area (Å²) in [6, 6.07) is 10.2. The fourth-order valence-electron chi connectivity index (χ4n) is 2.43. The van der Waals surface area contributed by atoms with Gasteiger partial charge in [-0.1, -0.05) is 30.3 Å². The Bertz CT molecular complexity index is 400. The van der Waals surface area contributed by atoms with Crippen LogP contribution in [0.25, 0.3) is 0 Å². The van der Waals surface area contributed by atoms with Gasteiger partial charge >= 0.3 is 0 Å². The average molecular weight is 285 g/mol. The maximum atomic E-state index is 11.9. The van der Waals surface area contributed by atoms with Crippen LogP contribution in [-0.2, 0) is 9.53 Å². The highest BCUT2D eigenvalue weighted by atomic mass is 35.5. The molecule has 2 rings (SSSR count). The number of ether oxygens (including phenoxy) is 1. The van der Waals surface area contributed by atoms with E-state index in [1.165, 1.54) is 5.56 Å². The van der Waals surface area contributed by atoms with Crippen LogP contribution in [0, 0.1) is 0 Å². The van der Waals surface area contributed by atoms with Crippen LogP contribution in [0.3, 0.4) is 0 Å². The van der Waals surface area contributed by atoms with E-state index in [0.717, 1.165) is 0 Å². The van der Waals surface area contributed by atoms with E-state index in [4.69, 9.17) is 10.5 Å². The Morgan fingerprint density at radius 2 is 2.05 bits per heavy atom. The van der Waals surface area contributed by atoms with Crippen molar-refractivity contribution in [2.24, 2.45) is 5.73 Å². The van der Waals surface area contributed by atoms with Gasteiger partial charge in [0.05, 0.1) is 13.0 Å². The Balaban J connectivity index is 0.00000180. The van der Waals surface area contributed by atoms with Gasteiger partial charge in [-0.05, 0) is 5.56 Å². The minimum atomic E-state index is 0. The number of rotatable bonds is 4. The predicted molar refractivity (Wildman–Crippen MR) is 77.5 cm³/mol. The number of amides is 1. The highest BCUT2D eigenvalue weighted by Gasteiger charge is 2.33. The van der Waals surface area contributed by atoms with Crippen LogP contribution in [-0.4, -0.2) is 43.7 Å². The van der Waals surface area contributed by atoms with Crippen molar-refractivity contribution in [1.82, 2.24) is 4.90 Å². The Hall–Kier alpha value is -1.10. The highest BCUT2D eigenvalue weighted by Crippen LogP contribution is 2.26. The zero-order valence-corrected chi connectivity index (χ0v) is 11.9. The number of hydrogen-bond donors (Lipinski definition) is 1. The van der Waals surface area contributed by atoms with E-state index >= 15 is 0 Å². The third-order valence-corrected chi connectivity index (χ3v) is 3.47. The van der Waals surface area contributed by atoms with Gasteiger partial charge in [0.1, 0.15) is 0 Å². The van der Waals surface area contributed by atoms with Crippen molar-refractivity contribution in [3.8, 4) is 0 Å². The lowest BCUT2D eigenvalue weighted by atomic mass is 9.95. The summed E-state index contributed by atoms with van der Waals surface area (Å²) >= 11 is 0. The van der Waals surface area contributed by atoms with Gasteiger partial charge in [0.15, 0.2) is 0 Å². The minimum absolute atomic E-state index is 0. The summed E-state index contributed by atoms with van der Waals surface area (Å²) in [5.41, 5.74) is 7.36. The molecule has 5 heteroatoms. The smallest absolute Gasteiger partial charge is 0.224 e. The molecule has 1 fully saturated rings. The first kappa shape index (κ1) is 16.0. The molecule has 0 saturated carbocycles. The molecule has 1 amide bonds. The van der Waals surface area contributed by atoms with E-state index in [2.05, 4.69) is 12.1 Å². The molecule has 1 aliphatic heterocycles. The fraction of sp³-hybridized carbons (Fsp3) is 0.500. The number of carbonyl (C=O) groups excluding carboxylic acids is 1. The van der Waals surface area contributed by atoms with Gasteiger partial charge < -0.3 is 15.4 Å². The van der Waals surface area contributed by atoms with E-state index in [1.807, 2.05) is 23.1 Å². The van der Waals surface area contributed by atoms with Crippen molar-refractivity contribution in [1.29, 1.82) is 0 Å². The Kier molecular flexibility index (Phi) is 6.28. The molecule has 1 aromatic carbocycles. The lowest BCUT2D eigenvalue weighted by Gasteiger charge is -2.16. The normalized spacial score (nSPS) is 22.1. The molecule has 1 aliphatic rings. The molecule has 2 atom stereocenters. The lowest BCUT2D eigenvalue weighted by molar-refractivity contribution is -0.131. The molecule has 4 nitrogen and oxygen atoms in total. The molecule has 106 valence electrons. The monoisotopic (exact) mass is 284 g/mol. The fourth-order valence-corrected chi connectivity index (χ4v) is 2.43. The molecule has 2 N–H and O–H groups in total. The highest BCUT2D eigenvalue weighted by molar-refractivity contribution is 5.85. The van der Waals surface area contributed by atoms with Gasteiger partial charge in [0.25, 0.3) is 0 Å². The topological polar surface area (TPSA) is 55.6 Å². The van der Waals surface area contributed by atoms with E-state index < -0.39 is 0 Å². The first-order valence-corrected chi connectivity index (χ1v) is 6.29. The summed E-state index contributed by atoms with van der Waals surface area (Å²) in [7, 11) is 1.61. The number of nitrogens with two attached hydrogens (primary N) is 1. The van der Waals surface area contributed by atoms with E-state index in [0.29, 0.717) is 26.1 Å². The molecular weight excluding hydrogens is 264 g/mol. The Labute approximate surface area is 120 Å². The molecule has 0 spiro atoms. The first-order valence-electron chi connectivity index (χ1n) is 6.29. The van der Waals surface area contributed by atoms with Gasteiger partial charge in [0.2, 0.25) is 5.91 Å². The molecule has 1 aromatic rings. The third-order valence-electron chi connectivity index (χ3n) is 3.47. The molecule has 0 unspecified atom stereocenters. The summed E-state index contributed by atoms with van der Waals surface area (Å²) in [5, 5.41) is 0. The molecule has 1 heterocycles. The second-order valence-electron chi connectivity index (χ2n) is 4.72. The second kappa shape index (κ2) is 7.48. The molecule has 0 aliphatic carbocycles. The van der Waals surface area contributed by atoms with Gasteiger partial charge in [-0.2, -0.15) is 0 Å². The van der Waals surface area contributed by atoms with Gasteiger partial charge in [-0.25, -0.2) is 0 Å². The predicted octanol–water partition coefficient (Wildman–Crippen LogP) is 1.40. The number of carbonyl (C=O) groups is 1. The standard InChI is InChI=1S/C14H20N2O2.ClH/c1-18-8-7-14(17)16-9-12(13(15)10-16)11-5-3-2-4-6-11;/h2-6,12-13H,7-10,15H2,1H3;1H/t12-,13+;/m0./s1. The lowest BCUT2D eigenvalue weighted by Crippen LogP contribution is -2.32. The van der Waals surface area contributed by atoms with Crippen LogP contribution >= 0.6 is 12.4 Å². The molecule has 0 aromatic heterocycles. The first-order chi connectivity index (χ1) is 8.72. The van der Waals surface area contributed by atoms with Crippen molar-refractivity contribution >= 4 is 18.3 Å². The van der Waals surface area contributed by atoms with Crippen molar-refractivity contribution < 1.29 is 9.53 Å². The number of hydrogen-bond acceptors (Lipinski definition) is 3. The third kappa shape index (κ3) is 3.93. The maximum absolute atomic E-state index is 11.9. The van der Waals surface area contributed by atoms with E-state index in [1.54, 1.807) is 7.11 Å². The van der Waals surface area contributed by atoms with Crippen molar-refractivity contribution in [2.75, 3.05) is 26.8 Å². The van der Waals surface area contributed by atoms with Crippen LogP contribution in [0.4, 0.5) is 0 Å². The summed E-state index contributed by atoms with van der Waals surface area (Å²) in [4.78, 5) is 13.8. The van der Waals surface area contributed by atoms with Crippen LogP contribution in [0.1, 0.15) is 17.9 Å². The summed E-state index contributed by atoms with van der Waals surface area (Å²) < 4.78 is 4.93. The number of halogens is 1. The van der Waals surface area contributed by atoms with E-state index in [-0.39, 0.29) is 30.3 Å². The SMILES string of the molecule is COCCC(=O)N1C[C@@H](N)[C@H](c2ccccc2)C1.Cl.